The second kappa shape index (κ2) is 6.67. The van der Waals surface area contributed by atoms with Crippen LogP contribution in [-0.2, 0) is 0 Å². The number of nitrogens with one attached hydrogen (secondary N) is 2. The summed E-state index contributed by atoms with van der Waals surface area (Å²) < 4.78 is 13.9. The molecule has 2 N–H and O–H groups in total. The first-order valence-electron chi connectivity index (χ1n) is 6.80. The number of rotatable bonds is 5. The summed E-state index contributed by atoms with van der Waals surface area (Å²) >= 11 is 1.41. The Morgan fingerprint density at radius 2 is 2.14 bits per heavy atom. The normalized spacial score (nSPS) is 10.5. The number of aromatic nitrogens is 1. The number of hydrogen-bond donors (Lipinski definition) is 2. The predicted octanol–water partition coefficient (Wildman–Crippen LogP) is 3.97. The van der Waals surface area contributed by atoms with E-state index in [9.17, 15) is 9.18 Å². The number of aryl methyl sites for hydroxylation is 2. The Morgan fingerprint density at radius 1 is 1.38 bits per heavy atom. The average molecular weight is 307 g/mol. The molecular formula is C15H18FN3OS. The smallest absolute Gasteiger partial charge is 0.259 e. The van der Waals surface area contributed by atoms with Crippen molar-refractivity contribution < 1.29 is 9.18 Å². The van der Waals surface area contributed by atoms with Gasteiger partial charge in [-0.25, -0.2) is 9.37 Å². The molecule has 0 radical (unpaired) electrons. The number of nitrogens with zero attached hydrogens (tertiary/aromatic N) is 1. The average Bonchev–Trinajstić information content (AvgIpc) is 2.75. The van der Waals surface area contributed by atoms with Gasteiger partial charge in [-0.2, -0.15) is 0 Å². The van der Waals surface area contributed by atoms with Crippen molar-refractivity contribution in [3.8, 4) is 0 Å². The van der Waals surface area contributed by atoms with Gasteiger partial charge in [0.2, 0.25) is 0 Å². The quantitative estimate of drug-likeness (QED) is 0.878. The molecule has 112 valence electrons. The van der Waals surface area contributed by atoms with E-state index >= 15 is 0 Å². The minimum Gasteiger partial charge on any atom is -0.382 e. The van der Waals surface area contributed by atoms with Crippen LogP contribution >= 0.6 is 11.3 Å². The first kappa shape index (κ1) is 15.4. The van der Waals surface area contributed by atoms with Gasteiger partial charge in [-0.3, -0.25) is 10.1 Å². The fourth-order valence-corrected chi connectivity index (χ4v) is 2.64. The Morgan fingerprint density at radius 3 is 2.76 bits per heavy atom. The third-order valence-corrected chi connectivity index (χ3v) is 4.05. The number of anilines is 2. The molecule has 2 rings (SSSR count). The second-order valence-electron chi connectivity index (χ2n) is 4.70. The zero-order valence-corrected chi connectivity index (χ0v) is 13.1. The lowest BCUT2D eigenvalue weighted by Crippen LogP contribution is -2.16. The molecule has 1 aromatic heterocycles. The van der Waals surface area contributed by atoms with Crippen molar-refractivity contribution in [2.75, 3.05) is 17.2 Å². The molecule has 4 nitrogen and oxygen atoms in total. The van der Waals surface area contributed by atoms with E-state index in [1.807, 2.05) is 20.8 Å². The fraction of sp³-hybridized carbons (Fsp3) is 0.333. The predicted molar refractivity (Wildman–Crippen MR) is 84.7 cm³/mol. The number of thiazole rings is 1. The van der Waals surface area contributed by atoms with Crippen molar-refractivity contribution in [1.29, 1.82) is 0 Å². The van der Waals surface area contributed by atoms with E-state index in [0.29, 0.717) is 11.7 Å². The highest BCUT2D eigenvalue weighted by Gasteiger charge is 2.16. The SMILES string of the molecule is CCCNc1c(F)cccc1C(=O)Nc1nc(C)c(C)s1. The molecule has 0 aliphatic heterocycles. The van der Waals surface area contributed by atoms with E-state index in [1.165, 1.54) is 23.5 Å². The van der Waals surface area contributed by atoms with Gasteiger partial charge in [-0.1, -0.05) is 13.0 Å². The second-order valence-corrected chi connectivity index (χ2v) is 5.91. The van der Waals surface area contributed by atoms with Gasteiger partial charge in [0.05, 0.1) is 16.9 Å². The van der Waals surface area contributed by atoms with Crippen LogP contribution in [0, 0.1) is 19.7 Å². The molecule has 0 unspecified atom stereocenters. The molecule has 0 atom stereocenters. The number of benzene rings is 1. The van der Waals surface area contributed by atoms with Crippen LogP contribution in [0.15, 0.2) is 18.2 Å². The van der Waals surface area contributed by atoms with Crippen LogP contribution in [0.3, 0.4) is 0 Å². The standard InChI is InChI=1S/C15H18FN3OS/c1-4-8-17-13-11(6-5-7-12(13)16)14(20)19-15-18-9(2)10(3)21-15/h5-7,17H,4,8H2,1-3H3,(H,18,19,20). The minimum atomic E-state index is -0.428. The first-order chi connectivity index (χ1) is 10.0. The molecule has 6 heteroatoms. The lowest BCUT2D eigenvalue weighted by Gasteiger charge is -2.11. The van der Waals surface area contributed by atoms with E-state index in [2.05, 4.69) is 15.6 Å². The number of para-hydroxylation sites is 1. The van der Waals surface area contributed by atoms with Crippen molar-refractivity contribution in [3.63, 3.8) is 0 Å². The van der Waals surface area contributed by atoms with Crippen molar-refractivity contribution >= 4 is 28.1 Å². The zero-order chi connectivity index (χ0) is 15.4. The summed E-state index contributed by atoms with van der Waals surface area (Å²) in [6.07, 6.45) is 0.847. The number of hydrogen-bond acceptors (Lipinski definition) is 4. The maximum Gasteiger partial charge on any atom is 0.259 e. The summed E-state index contributed by atoms with van der Waals surface area (Å²) in [6, 6.07) is 4.47. The lowest BCUT2D eigenvalue weighted by atomic mass is 10.1. The van der Waals surface area contributed by atoms with Crippen LogP contribution in [0.25, 0.3) is 0 Å². The minimum absolute atomic E-state index is 0.238. The third-order valence-electron chi connectivity index (χ3n) is 3.06. The van der Waals surface area contributed by atoms with E-state index in [-0.39, 0.29) is 17.2 Å². The molecule has 1 heterocycles. The maximum absolute atomic E-state index is 13.9. The van der Waals surface area contributed by atoms with Gasteiger partial charge in [0, 0.05) is 11.4 Å². The summed E-state index contributed by atoms with van der Waals surface area (Å²) in [5, 5.41) is 6.22. The van der Waals surface area contributed by atoms with Crippen molar-refractivity contribution in [3.05, 3.63) is 40.2 Å². The number of amides is 1. The Labute approximate surface area is 127 Å². The number of carbonyl (C=O) groups is 1. The Kier molecular flexibility index (Phi) is 4.90. The molecule has 1 amide bonds. The van der Waals surface area contributed by atoms with Crippen LogP contribution in [0.5, 0.6) is 0 Å². The third kappa shape index (κ3) is 3.58. The van der Waals surface area contributed by atoms with Gasteiger partial charge in [0.1, 0.15) is 5.82 Å². The van der Waals surface area contributed by atoms with Gasteiger partial charge < -0.3 is 5.32 Å². The fourth-order valence-electron chi connectivity index (χ4n) is 1.83. The molecule has 0 fully saturated rings. The molecular weight excluding hydrogens is 289 g/mol. The molecule has 0 spiro atoms. The molecule has 21 heavy (non-hydrogen) atoms. The molecule has 1 aromatic carbocycles. The van der Waals surface area contributed by atoms with Crippen molar-refractivity contribution in [2.45, 2.75) is 27.2 Å². The molecule has 0 saturated heterocycles. The van der Waals surface area contributed by atoms with Crippen LogP contribution in [0.1, 0.15) is 34.3 Å². The summed E-state index contributed by atoms with van der Waals surface area (Å²) in [5.41, 5.74) is 1.41. The molecule has 0 aliphatic carbocycles. The number of carbonyl (C=O) groups excluding carboxylic acids is 1. The lowest BCUT2D eigenvalue weighted by molar-refractivity contribution is 0.102. The van der Waals surface area contributed by atoms with Crippen LogP contribution < -0.4 is 10.6 Å². The monoisotopic (exact) mass is 307 g/mol. The van der Waals surface area contributed by atoms with Crippen LogP contribution in [-0.4, -0.2) is 17.4 Å². The number of halogens is 1. The van der Waals surface area contributed by atoms with E-state index < -0.39 is 5.82 Å². The first-order valence-corrected chi connectivity index (χ1v) is 7.62. The van der Waals surface area contributed by atoms with Crippen molar-refractivity contribution in [1.82, 2.24) is 4.98 Å². The van der Waals surface area contributed by atoms with Gasteiger partial charge in [0.25, 0.3) is 5.91 Å². The van der Waals surface area contributed by atoms with E-state index in [4.69, 9.17) is 0 Å². The Balaban J connectivity index is 2.24. The molecule has 0 saturated carbocycles. The Hall–Kier alpha value is -1.95. The highest BCUT2D eigenvalue weighted by atomic mass is 32.1. The summed E-state index contributed by atoms with van der Waals surface area (Å²) in [5.74, 6) is -0.788. The summed E-state index contributed by atoms with van der Waals surface area (Å²) in [6.45, 7) is 6.42. The van der Waals surface area contributed by atoms with Crippen LogP contribution in [0.2, 0.25) is 0 Å². The zero-order valence-electron chi connectivity index (χ0n) is 12.3. The van der Waals surface area contributed by atoms with Gasteiger partial charge >= 0.3 is 0 Å². The molecule has 0 bridgehead atoms. The van der Waals surface area contributed by atoms with E-state index in [1.54, 1.807) is 6.07 Å². The topological polar surface area (TPSA) is 54.0 Å². The highest BCUT2D eigenvalue weighted by molar-refractivity contribution is 7.15. The Bertz CT molecular complexity index is 635. The summed E-state index contributed by atoms with van der Waals surface area (Å²) in [7, 11) is 0. The molecule has 2 aromatic rings. The van der Waals surface area contributed by atoms with Gasteiger partial charge in [-0.05, 0) is 32.4 Å². The largest absolute Gasteiger partial charge is 0.382 e. The maximum atomic E-state index is 13.9. The summed E-state index contributed by atoms with van der Waals surface area (Å²) in [4.78, 5) is 17.6. The van der Waals surface area contributed by atoms with Gasteiger partial charge in [0.15, 0.2) is 5.13 Å². The van der Waals surface area contributed by atoms with Gasteiger partial charge in [-0.15, -0.1) is 11.3 Å². The van der Waals surface area contributed by atoms with E-state index in [0.717, 1.165) is 17.0 Å². The molecule has 0 aliphatic rings. The van der Waals surface area contributed by atoms with Crippen LogP contribution in [0.4, 0.5) is 15.2 Å². The van der Waals surface area contributed by atoms with Crippen molar-refractivity contribution in [2.24, 2.45) is 0 Å². The highest BCUT2D eigenvalue weighted by Crippen LogP contribution is 2.24.